The fraction of sp³-hybridized carbons (Fsp3) is 0.333. The molecule has 2 N–H and O–H groups in total. The Morgan fingerprint density at radius 2 is 1.96 bits per heavy atom. The summed E-state index contributed by atoms with van der Waals surface area (Å²) in [5, 5.41) is 8.67. The average molecular weight is 428 g/mol. The van der Waals surface area contributed by atoms with Gasteiger partial charge in [-0.25, -0.2) is 0 Å². The summed E-state index contributed by atoms with van der Waals surface area (Å²) in [5.74, 6) is 0.133. The molecule has 2 aromatic rings. The Morgan fingerprint density at radius 1 is 1.24 bits per heavy atom. The first-order valence-electron chi connectivity index (χ1n) is 7.37. The van der Waals surface area contributed by atoms with Crippen LogP contribution in [-0.4, -0.2) is 46.0 Å². The fourth-order valence-corrected chi connectivity index (χ4v) is 2.95. The molecule has 8 nitrogen and oxygen atoms in total. The molecule has 0 aliphatic carbocycles. The smallest absolute Gasteiger partial charge is 0.269 e. The quantitative estimate of drug-likeness (QED) is 0.513. The van der Waals surface area contributed by atoms with Gasteiger partial charge >= 0.3 is 0 Å². The van der Waals surface area contributed by atoms with Gasteiger partial charge in [0.15, 0.2) is 5.16 Å². The molecule has 2 rings (SSSR count). The number of hydrogen-bond donors (Lipinski definition) is 2. The summed E-state index contributed by atoms with van der Waals surface area (Å²) in [7, 11) is 1.62. The first kappa shape index (κ1) is 19.4. The predicted molar refractivity (Wildman–Crippen MR) is 97.1 cm³/mol. The van der Waals surface area contributed by atoms with Crippen LogP contribution in [0.25, 0.3) is 0 Å². The van der Waals surface area contributed by atoms with Gasteiger partial charge in [0.25, 0.3) is 5.91 Å². The molecule has 0 fully saturated rings. The number of aromatic nitrogens is 3. The number of methoxy groups -OCH3 is 1. The molecule has 0 spiro atoms. The van der Waals surface area contributed by atoms with Crippen molar-refractivity contribution in [3.05, 3.63) is 40.1 Å². The van der Waals surface area contributed by atoms with Crippen LogP contribution in [0.1, 0.15) is 16.2 Å². The summed E-state index contributed by atoms with van der Waals surface area (Å²) in [4.78, 5) is 23.8. The third-order valence-electron chi connectivity index (χ3n) is 3.18. The van der Waals surface area contributed by atoms with E-state index >= 15 is 0 Å². The number of carbonyl (C=O) groups excluding carboxylic acids is 2. The largest absolute Gasteiger partial charge is 0.383 e. The molecule has 0 saturated carbocycles. The van der Waals surface area contributed by atoms with Gasteiger partial charge in [-0.3, -0.25) is 20.4 Å². The van der Waals surface area contributed by atoms with E-state index in [0.29, 0.717) is 23.9 Å². The van der Waals surface area contributed by atoms with Crippen LogP contribution in [0, 0.1) is 6.92 Å². The number of thioether (sulfide) groups is 1. The van der Waals surface area contributed by atoms with Crippen LogP contribution in [0.15, 0.2) is 33.9 Å². The molecule has 1 aromatic carbocycles. The second kappa shape index (κ2) is 9.54. The monoisotopic (exact) mass is 427 g/mol. The zero-order chi connectivity index (χ0) is 18.2. The van der Waals surface area contributed by atoms with Gasteiger partial charge in [0.2, 0.25) is 5.91 Å². The maximum Gasteiger partial charge on any atom is 0.269 e. The molecular formula is C15H18BrN5O3S. The second-order valence-corrected chi connectivity index (χ2v) is 6.83. The van der Waals surface area contributed by atoms with Crippen molar-refractivity contribution in [3.8, 4) is 0 Å². The van der Waals surface area contributed by atoms with Crippen molar-refractivity contribution in [1.82, 2.24) is 25.6 Å². The van der Waals surface area contributed by atoms with Crippen LogP contribution in [-0.2, 0) is 16.1 Å². The van der Waals surface area contributed by atoms with Gasteiger partial charge in [-0.15, -0.1) is 10.2 Å². The van der Waals surface area contributed by atoms with Crippen molar-refractivity contribution < 1.29 is 14.3 Å². The lowest BCUT2D eigenvalue weighted by Crippen LogP contribution is -2.42. The molecule has 0 aliphatic heterocycles. The van der Waals surface area contributed by atoms with Crippen molar-refractivity contribution in [3.63, 3.8) is 0 Å². The minimum absolute atomic E-state index is 0.103. The van der Waals surface area contributed by atoms with Crippen LogP contribution >= 0.6 is 27.7 Å². The van der Waals surface area contributed by atoms with Crippen LogP contribution in [0.5, 0.6) is 0 Å². The summed E-state index contributed by atoms with van der Waals surface area (Å²) in [6.45, 7) is 2.98. The number of ether oxygens (including phenoxy) is 1. The molecule has 2 amide bonds. The molecule has 10 heteroatoms. The molecule has 0 atom stereocenters. The average Bonchev–Trinajstić information content (AvgIpc) is 2.96. The summed E-state index contributed by atoms with van der Waals surface area (Å²) in [5.41, 5.74) is 5.21. The Morgan fingerprint density at radius 3 is 2.64 bits per heavy atom. The summed E-state index contributed by atoms with van der Waals surface area (Å²) in [6.07, 6.45) is 0. The standard InChI is InChI=1S/C15H18BrN5O3S/c1-10-17-20-15(21(10)7-8-24-2)25-9-13(22)18-19-14(23)11-3-5-12(16)6-4-11/h3-6H,7-9H2,1-2H3,(H,18,22)(H,19,23). The SMILES string of the molecule is COCCn1c(C)nnc1SCC(=O)NNC(=O)c1ccc(Br)cc1. The van der Waals surface area contributed by atoms with Gasteiger partial charge in [0.1, 0.15) is 5.82 Å². The number of hydrogen-bond acceptors (Lipinski definition) is 6. The van der Waals surface area contributed by atoms with Gasteiger partial charge in [0.05, 0.1) is 12.4 Å². The lowest BCUT2D eigenvalue weighted by atomic mass is 10.2. The van der Waals surface area contributed by atoms with E-state index in [0.717, 1.165) is 10.3 Å². The maximum atomic E-state index is 11.9. The lowest BCUT2D eigenvalue weighted by molar-refractivity contribution is -0.119. The first-order valence-corrected chi connectivity index (χ1v) is 9.15. The third kappa shape index (κ3) is 5.83. The number of rotatable bonds is 7. The van der Waals surface area contributed by atoms with E-state index in [2.05, 4.69) is 37.0 Å². The van der Waals surface area contributed by atoms with E-state index in [1.165, 1.54) is 11.8 Å². The summed E-state index contributed by atoms with van der Waals surface area (Å²) >= 11 is 4.54. The van der Waals surface area contributed by atoms with Gasteiger partial charge in [0, 0.05) is 23.7 Å². The Bertz CT molecular complexity index is 735. The molecule has 0 radical (unpaired) electrons. The highest BCUT2D eigenvalue weighted by Gasteiger charge is 2.12. The number of nitrogens with zero attached hydrogens (tertiary/aromatic N) is 3. The Labute approximate surface area is 157 Å². The van der Waals surface area contributed by atoms with Crippen molar-refractivity contribution in [2.24, 2.45) is 0 Å². The number of aryl methyl sites for hydroxylation is 1. The maximum absolute atomic E-state index is 11.9. The highest BCUT2D eigenvalue weighted by atomic mass is 79.9. The molecule has 1 heterocycles. The molecule has 25 heavy (non-hydrogen) atoms. The molecule has 0 aliphatic rings. The highest BCUT2D eigenvalue weighted by Crippen LogP contribution is 2.16. The number of nitrogens with one attached hydrogen (secondary N) is 2. The van der Waals surface area contributed by atoms with Crippen molar-refractivity contribution in [2.75, 3.05) is 19.5 Å². The molecule has 0 unspecified atom stereocenters. The highest BCUT2D eigenvalue weighted by molar-refractivity contribution is 9.10. The van der Waals surface area contributed by atoms with Crippen molar-refractivity contribution in [2.45, 2.75) is 18.6 Å². The minimum Gasteiger partial charge on any atom is -0.383 e. The number of halogens is 1. The van der Waals surface area contributed by atoms with Gasteiger partial charge < -0.3 is 9.30 Å². The van der Waals surface area contributed by atoms with Crippen molar-refractivity contribution >= 4 is 39.5 Å². The topological polar surface area (TPSA) is 98.1 Å². The van der Waals surface area contributed by atoms with E-state index in [1.54, 1.807) is 31.4 Å². The fourth-order valence-electron chi connectivity index (χ4n) is 1.87. The third-order valence-corrected chi connectivity index (χ3v) is 4.67. The Balaban J connectivity index is 1.81. The predicted octanol–water partition coefficient (Wildman–Crippen LogP) is 1.55. The van der Waals surface area contributed by atoms with Gasteiger partial charge in [-0.05, 0) is 31.2 Å². The van der Waals surface area contributed by atoms with Gasteiger partial charge in [-0.2, -0.15) is 0 Å². The Hall–Kier alpha value is -1.91. The van der Waals surface area contributed by atoms with Crippen molar-refractivity contribution in [1.29, 1.82) is 0 Å². The van der Waals surface area contributed by atoms with Gasteiger partial charge in [-0.1, -0.05) is 27.7 Å². The first-order chi connectivity index (χ1) is 12.0. The van der Waals surface area contributed by atoms with E-state index < -0.39 is 0 Å². The summed E-state index contributed by atoms with van der Waals surface area (Å²) < 4.78 is 7.80. The second-order valence-electron chi connectivity index (χ2n) is 4.97. The van der Waals surface area contributed by atoms with E-state index in [4.69, 9.17) is 4.74 Å². The number of benzene rings is 1. The molecule has 1 aromatic heterocycles. The molecular weight excluding hydrogens is 410 g/mol. The van der Waals surface area contributed by atoms with Crippen LogP contribution in [0.3, 0.4) is 0 Å². The number of carbonyl (C=O) groups is 2. The van der Waals surface area contributed by atoms with Crippen LogP contribution < -0.4 is 10.9 Å². The molecule has 0 bridgehead atoms. The molecule has 0 saturated heterocycles. The molecule has 134 valence electrons. The minimum atomic E-state index is -0.384. The Kier molecular flexibility index (Phi) is 7.41. The zero-order valence-corrected chi connectivity index (χ0v) is 16.2. The van der Waals surface area contributed by atoms with E-state index in [9.17, 15) is 9.59 Å². The zero-order valence-electron chi connectivity index (χ0n) is 13.8. The normalized spacial score (nSPS) is 10.5. The van der Waals surface area contributed by atoms with Crippen LogP contribution in [0.2, 0.25) is 0 Å². The lowest BCUT2D eigenvalue weighted by Gasteiger charge is -2.09. The summed E-state index contributed by atoms with van der Waals surface area (Å²) in [6, 6.07) is 6.81. The number of amides is 2. The van der Waals surface area contributed by atoms with Crippen LogP contribution in [0.4, 0.5) is 0 Å². The van der Waals surface area contributed by atoms with E-state index in [1.807, 2.05) is 11.5 Å². The van der Waals surface area contributed by atoms with E-state index in [-0.39, 0.29) is 17.6 Å². The number of hydrazine groups is 1.